The van der Waals surface area contributed by atoms with Crippen molar-refractivity contribution in [2.75, 3.05) is 6.54 Å². The molecule has 0 aromatic heterocycles. The maximum Gasteiger partial charge on any atom is 0.254 e. The fourth-order valence-corrected chi connectivity index (χ4v) is 2.34. The van der Waals surface area contributed by atoms with Gasteiger partial charge in [0, 0.05) is 27.8 Å². The van der Waals surface area contributed by atoms with Crippen molar-refractivity contribution in [3.63, 3.8) is 0 Å². The molecule has 2 aromatic carbocycles. The third-order valence-corrected chi connectivity index (χ3v) is 3.77. The molecule has 2 rings (SSSR count). The Morgan fingerprint density at radius 2 is 1.86 bits per heavy atom. The second-order valence-corrected chi connectivity index (χ2v) is 5.82. The SMILES string of the molecule is C=CCN(Cc1ccccc1F)C(=O)c1ccc(I)cc1. The minimum Gasteiger partial charge on any atom is -0.331 e. The molecule has 0 heterocycles. The van der Waals surface area contributed by atoms with Gasteiger partial charge in [-0.25, -0.2) is 4.39 Å². The van der Waals surface area contributed by atoms with Crippen molar-refractivity contribution in [2.24, 2.45) is 0 Å². The standard InChI is InChI=1S/C17H15FINO/c1-2-11-20(12-14-5-3-4-6-16(14)18)17(21)13-7-9-15(19)10-8-13/h2-10H,1,11-12H2. The van der Waals surface area contributed by atoms with Crippen molar-refractivity contribution in [3.05, 3.63) is 81.7 Å². The highest BCUT2D eigenvalue weighted by atomic mass is 127. The van der Waals surface area contributed by atoms with Crippen LogP contribution in [-0.4, -0.2) is 17.4 Å². The van der Waals surface area contributed by atoms with Gasteiger partial charge in [0.1, 0.15) is 5.82 Å². The van der Waals surface area contributed by atoms with Crippen LogP contribution in [0.4, 0.5) is 4.39 Å². The number of rotatable bonds is 5. The molecule has 0 bridgehead atoms. The number of amides is 1. The van der Waals surface area contributed by atoms with Gasteiger partial charge in [-0.05, 0) is 52.9 Å². The van der Waals surface area contributed by atoms with Crippen molar-refractivity contribution < 1.29 is 9.18 Å². The van der Waals surface area contributed by atoms with Crippen molar-refractivity contribution in [3.8, 4) is 0 Å². The smallest absolute Gasteiger partial charge is 0.254 e. The topological polar surface area (TPSA) is 20.3 Å². The zero-order valence-corrected chi connectivity index (χ0v) is 13.6. The summed E-state index contributed by atoms with van der Waals surface area (Å²) in [5.41, 5.74) is 1.09. The third-order valence-electron chi connectivity index (χ3n) is 3.05. The summed E-state index contributed by atoms with van der Waals surface area (Å²) in [4.78, 5) is 14.1. The highest BCUT2D eigenvalue weighted by Crippen LogP contribution is 2.14. The molecular weight excluding hydrogens is 380 g/mol. The lowest BCUT2D eigenvalue weighted by molar-refractivity contribution is 0.0761. The van der Waals surface area contributed by atoms with Gasteiger partial charge in [-0.1, -0.05) is 24.3 Å². The van der Waals surface area contributed by atoms with Gasteiger partial charge in [0.15, 0.2) is 0 Å². The Balaban J connectivity index is 2.22. The second-order valence-electron chi connectivity index (χ2n) is 4.57. The Morgan fingerprint density at radius 3 is 2.48 bits per heavy atom. The van der Waals surface area contributed by atoms with E-state index in [0.29, 0.717) is 17.7 Å². The first-order valence-electron chi connectivity index (χ1n) is 6.51. The van der Waals surface area contributed by atoms with Crippen LogP contribution in [0.3, 0.4) is 0 Å². The number of nitrogens with zero attached hydrogens (tertiary/aromatic N) is 1. The van der Waals surface area contributed by atoms with Gasteiger partial charge >= 0.3 is 0 Å². The zero-order valence-electron chi connectivity index (χ0n) is 11.4. The summed E-state index contributed by atoms with van der Waals surface area (Å²) in [6.45, 7) is 4.27. The summed E-state index contributed by atoms with van der Waals surface area (Å²) < 4.78 is 14.8. The van der Waals surface area contributed by atoms with Crippen LogP contribution in [0.15, 0.2) is 61.2 Å². The van der Waals surface area contributed by atoms with Crippen LogP contribution >= 0.6 is 22.6 Å². The Labute approximate surface area is 137 Å². The number of benzene rings is 2. The van der Waals surface area contributed by atoms with Gasteiger partial charge in [0.05, 0.1) is 0 Å². The molecule has 2 nitrogen and oxygen atoms in total. The molecule has 0 saturated heterocycles. The van der Waals surface area contributed by atoms with Gasteiger partial charge in [-0.15, -0.1) is 6.58 Å². The van der Waals surface area contributed by atoms with E-state index in [4.69, 9.17) is 0 Å². The summed E-state index contributed by atoms with van der Waals surface area (Å²) in [5.74, 6) is -0.434. The number of halogens is 2. The molecule has 0 aliphatic carbocycles. The Morgan fingerprint density at radius 1 is 1.19 bits per heavy atom. The fourth-order valence-electron chi connectivity index (χ4n) is 1.98. The number of hydrogen-bond donors (Lipinski definition) is 0. The Kier molecular flexibility index (Phi) is 5.50. The molecule has 0 saturated carbocycles. The van der Waals surface area contributed by atoms with Gasteiger partial charge < -0.3 is 4.90 Å². The van der Waals surface area contributed by atoms with Crippen LogP contribution in [0.25, 0.3) is 0 Å². The normalized spacial score (nSPS) is 10.2. The Bertz CT molecular complexity index is 639. The summed E-state index contributed by atoms with van der Waals surface area (Å²) in [6.07, 6.45) is 1.64. The number of carbonyl (C=O) groups excluding carboxylic acids is 1. The molecule has 1 amide bonds. The molecule has 0 radical (unpaired) electrons. The second kappa shape index (κ2) is 7.36. The summed E-state index contributed by atoms with van der Waals surface area (Å²) in [5, 5.41) is 0. The molecule has 0 atom stereocenters. The fraction of sp³-hybridized carbons (Fsp3) is 0.118. The van der Waals surface area contributed by atoms with Crippen LogP contribution in [0.5, 0.6) is 0 Å². The molecule has 0 aliphatic heterocycles. The van der Waals surface area contributed by atoms with E-state index >= 15 is 0 Å². The van der Waals surface area contributed by atoms with Crippen LogP contribution in [-0.2, 0) is 6.54 Å². The van der Waals surface area contributed by atoms with Crippen molar-refractivity contribution in [1.82, 2.24) is 4.90 Å². The monoisotopic (exact) mass is 395 g/mol. The largest absolute Gasteiger partial charge is 0.331 e. The first-order valence-corrected chi connectivity index (χ1v) is 7.59. The molecule has 21 heavy (non-hydrogen) atoms. The first-order chi connectivity index (χ1) is 10.1. The van der Waals surface area contributed by atoms with E-state index in [2.05, 4.69) is 29.2 Å². The number of carbonyl (C=O) groups is 1. The van der Waals surface area contributed by atoms with Crippen molar-refractivity contribution in [2.45, 2.75) is 6.54 Å². The highest BCUT2D eigenvalue weighted by Gasteiger charge is 2.16. The van der Waals surface area contributed by atoms with Crippen molar-refractivity contribution in [1.29, 1.82) is 0 Å². The average molecular weight is 395 g/mol. The van der Waals surface area contributed by atoms with E-state index in [9.17, 15) is 9.18 Å². The summed E-state index contributed by atoms with van der Waals surface area (Å²) in [6, 6.07) is 13.8. The summed E-state index contributed by atoms with van der Waals surface area (Å²) in [7, 11) is 0. The quantitative estimate of drug-likeness (QED) is 0.548. The van der Waals surface area contributed by atoms with Crippen LogP contribution in [0.2, 0.25) is 0 Å². The van der Waals surface area contributed by atoms with Crippen LogP contribution in [0, 0.1) is 9.39 Å². The molecule has 0 unspecified atom stereocenters. The first kappa shape index (κ1) is 15.7. The minimum atomic E-state index is -0.304. The van der Waals surface area contributed by atoms with E-state index < -0.39 is 0 Å². The van der Waals surface area contributed by atoms with Gasteiger partial charge in [-0.3, -0.25) is 4.79 Å². The highest BCUT2D eigenvalue weighted by molar-refractivity contribution is 14.1. The van der Waals surface area contributed by atoms with Gasteiger partial charge in [0.25, 0.3) is 5.91 Å². The minimum absolute atomic E-state index is 0.130. The molecule has 0 aliphatic rings. The van der Waals surface area contributed by atoms with E-state index in [1.165, 1.54) is 6.07 Å². The van der Waals surface area contributed by atoms with Crippen molar-refractivity contribution >= 4 is 28.5 Å². The lowest BCUT2D eigenvalue weighted by atomic mass is 10.1. The zero-order chi connectivity index (χ0) is 15.2. The van der Waals surface area contributed by atoms with E-state index in [1.54, 1.807) is 41.3 Å². The summed E-state index contributed by atoms with van der Waals surface area (Å²) >= 11 is 2.19. The molecular formula is C17H15FINO. The predicted octanol–water partition coefficient (Wildman–Crippen LogP) is 4.26. The van der Waals surface area contributed by atoms with E-state index in [0.717, 1.165) is 3.57 Å². The molecule has 2 aromatic rings. The molecule has 0 fully saturated rings. The lowest BCUT2D eigenvalue weighted by Gasteiger charge is -2.21. The van der Waals surface area contributed by atoms with Gasteiger partial charge in [0.2, 0.25) is 0 Å². The maximum absolute atomic E-state index is 13.7. The predicted molar refractivity (Wildman–Crippen MR) is 90.5 cm³/mol. The van der Waals surface area contributed by atoms with Crippen LogP contribution in [0.1, 0.15) is 15.9 Å². The average Bonchev–Trinajstić information content (AvgIpc) is 2.49. The molecule has 0 N–H and O–H groups in total. The Hall–Kier alpha value is -1.69. The van der Waals surface area contributed by atoms with E-state index in [1.807, 2.05) is 12.1 Å². The third kappa shape index (κ3) is 4.14. The molecule has 4 heteroatoms. The number of hydrogen-bond acceptors (Lipinski definition) is 1. The van der Waals surface area contributed by atoms with Crippen LogP contribution < -0.4 is 0 Å². The van der Waals surface area contributed by atoms with Gasteiger partial charge in [-0.2, -0.15) is 0 Å². The van der Waals surface area contributed by atoms with E-state index in [-0.39, 0.29) is 18.3 Å². The lowest BCUT2D eigenvalue weighted by Crippen LogP contribution is -2.31. The maximum atomic E-state index is 13.7. The molecule has 0 spiro atoms. The molecule has 108 valence electrons.